The van der Waals surface area contributed by atoms with Crippen LogP contribution in [0.2, 0.25) is 0 Å². The molecule has 0 saturated heterocycles. The number of carbonyl (C=O) groups excluding carboxylic acids is 2. The van der Waals surface area contributed by atoms with E-state index in [1.807, 2.05) is 48.5 Å². The molecule has 2 heterocycles. The average molecular weight is 678 g/mol. The van der Waals surface area contributed by atoms with Crippen LogP contribution in [0.4, 0.5) is 0 Å². The number of rotatable bonds is 12. The highest BCUT2D eigenvalue weighted by Gasteiger charge is 2.33. The fourth-order valence-corrected chi connectivity index (χ4v) is 6.54. The Morgan fingerprint density at radius 1 is 0.936 bits per heavy atom. The molecule has 246 valence electrons. The summed E-state index contributed by atoms with van der Waals surface area (Å²) in [5.74, 6) is 1.41. The van der Waals surface area contributed by atoms with Crippen LogP contribution in [0.1, 0.15) is 39.8 Å². The predicted octanol–water partition coefficient (Wildman–Crippen LogP) is 3.48. The van der Waals surface area contributed by atoms with E-state index >= 15 is 0 Å². The normalized spacial score (nSPS) is 14.6. The molecule has 13 nitrogen and oxygen atoms in total. The van der Waals surface area contributed by atoms with Crippen LogP contribution in [0.5, 0.6) is 11.5 Å². The van der Waals surface area contributed by atoms with Crippen LogP contribution in [-0.2, 0) is 28.4 Å². The van der Waals surface area contributed by atoms with Gasteiger partial charge < -0.3 is 19.4 Å². The van der Waals surface area contributed by atoms with Gasteiger partial charge in [-0.25, -0.2) is 17.7 Å². The minimum Gasteiger partial charge on any atom is -0.497 e. The molecule has 47 heavy (non-hydrogen) atoms. The van der Waals surface area contributed by atoms with Crippen LogP contribution in [0.3, 0.4) is 0 Å². The molecule has 1 N–H and O–H groups in total. The number of hydrogen-bond donors (Lipinski definition) is 1. The lowest BCUT2D eigenvalue weighted by molar-refractivity contribution is -0.130. The Morgan fingerprint density at radius 2 is 1.55 bits per heavy atom. The van der Waals surface area contributed by atoms with Crippen molar-refractivity contribution in [3.8, 4) is 11.5 Å². The Bertz CT molecular complexity index is 1870. The molecule has 3 aromatic carbocycles. The Labute approximate surface area is 277 Å². The summed E-state index contributed by atoms with van der Waals surface area (Å²) in [7, 11) is 4.26. The number of ether oxygens (including phenoxy) is 2. The smallest absolute Gasteiger partial charge is 0.253 e. The van der Waals surface area contributed by atoms with Gasteiger partial charge in [0.05, 0.1) is 43.2 Å². The molecule has 0 spiro atoms. The second-order valence-electron chi connectivity index (χ2n) is 10.7. The minimum absolute atomic E-state index is 0.0621. The molecule has 0 aliphatic carbocycles. The zero-order chi connectivity index (χ0) is 33.7. The summed E-state index contributed by atoms with van der Waals surface area (Å²) in [5.41, 5.74) is 2.93. The molecular weight excluding hydrogens is 643 g/mol. The number of nitrogens with zero attached hydrogens (tertiary/aromatic N) is 6. The summed E-state index contributed by atoms with van der Waals surface area (Å²) >= 11 is 1.22. The van der Waals surface area contributed by atoms with Gasteiger partial charge in [-0.15, -0.1) is 10.2 Å². The maximum absolute atomic E-state index is 13.6. The van der Waals surface area contributed by atoms with Crippen LogP contribution in [0.25, 0.3) is 0 Å². The number of carbonyl (C=O) groups is 2. The van der Waals surface area contributed by atoms with Gasteiger partial charge in [0.1, 0.15) is 11.5 Å². The Kier molecular flexibility index (Phi) is 10.3. The van der Waals surface area contributed by atoms with Gasteiger partial charge in [0, 0.05) is 33.1 Å². The molecule has 1 aromatic heterocycles. The SMILES string of the molecule is COc1ccc(C2=NN(C(=O)CSc3nnc(CNC(=O)c4ccc(S(=O)(=O)N(C)C)cc4)n3C)[C@H](c3ccc(OC)cc3)C2)cc1. The number of hydrogen-bond acceptors (Lipinski definition) is 10. The number of benzene rings is 3. The maximum atomic E-state index is 13.6. The number of methoxy groups -OCH3 is 2. The quantitative estimate of drug-likeness (QED) is 0.223. The van der Waals surface area contributed by atoms with E-state index in [4.69, 9.17) is 14.6 Å². The number of amides is 2. The molecule has 1 atom stereocenters. The van der Waals surface area contributed by atoms with Gasteiger partial charge in [0.25, 0.3) is 11.8 Å². The standard InChI is InChI=1S/C32H35N7O6S2/c1-37(2)47(42,43)26-16-10-23(11-17-26)31(41)33-19-29-34-35-32(38(29)3)46-20-30(40)39-28(22-8-14-25(45-5)15-9-22)18-27(36-39)21-6-12-24(44-4)13-7-21/h6-17,28H,18-20H2,1-5H3,(H,33,41)/t28-/m0/s1. The molecule has 2 amide bonds. The Morgan fingerprint density at radius 3 is 2.15 bits per heavy atom. The molecule has 4 aromatic rings. The third kappa shape index (κ3) is 7.48. The largest absolute Gasteiger partial charge is 0.497 e. The average Bonchev–Trinajstić information content (AvgIpc) is 3.70. The summed E-state index contributed by atoms with van der Waals surface area (Å²) in [6.45, 7) is 0.0791. The topological polar surface area (TPSA) is 148 Å². The van der Waals surface area contributed by atoms with Crippen molar-refractivity contribution in [1.29, 1.82) is 0 Å². The first-order chi connectivity index (χ1) is 22.5. The zero-order valence-electron chi connectivity index (χ0n) is 26.6. The Balaban J connectivity index is 1.24. The molecule has 15 heteroatoms. The second kappa shape index (κ2) is 14.4. The van der Waals surface area contributed by atoms with Gasteiger partial charge in [0.15, 0.2) is 11.0 Å². The van der Waals surface area contributed by atoms with Gasteiger partial charge in [0.2, 0.25) is 10.0 Å². The van der Waals surface area contributed by atoms with Crippen LogP contribution in [0.15, 0.2) is 87.9 Å². The summed E-state index contributed by atoms with van der Waals surface area (Å²) in [6, 6.07) is 20.6. The van der Waals surface area contributed by atoms with Crippen molar-refractivity contribution < 1.29 is 27.5 Å². The van der Waals surface area contributed by atoms with Crippen molar-refractivity contribution in [3.05, 3.63) is 95.3 Å². The first-order valence-electron chi connectivity index (χ1n) is 14.5. The fraction of sp³-hybridized carbons (Fsp3) is 0.281. The minimum atomic E-state index is -3.60. The number of aromatic nitrogens is 3. The predicted molar refractivity (Wildman–Crippen MR) is 177 cm³/mol. The highest BCUT2D eigenvalue weighted by atomic mass is 32.2. The van der Waals surface area contributed by atoms with Gasteiger partial charge in [-0.2, -0.15) is 5.10 Å². The van der Waals surface area contributed by atoms with E-state index in [1.165, 1.54) is 55.1 Å². The van der Waals surface area contributed by atoms with E-state index in [0.29, 0.717) is 23.0 Å². The van der Waals surface area contributed by atoms with Crippen molar-refractivity contribution in [2.45, 2.75) is 29.1 Å². The lowest BCUT2D eigenvalue weighted by Crippen LogP contribution is -2.28. The van der Waals surface area contributed by atoms with Crippen LogP contribution in [-0.4, -0.2) is 84.1 Å². The number of thioether (sulfide) groups is 1. The maximum Gasteiger partial charge on any atom is 0.253 e. The first kappa shape index (κ1) is 33.6. The Hall–Kier alpha value is -4.73. The summed E-state index contributed by atoms with van der Waals surface area (Å²) in [4.78, 5) is 26.4. The van der Waals surface area contributed by atoms with Crippen LogP contribution < -0.4 is 14.8 Å². The highest BCUT2D eigenvalue weighted by molar-refractivity contribution is 7.99. The van der Waals surface area contributed by atoms with Crippen LogP contribution in [0, 0.1) is 0 Å². The third-order valence-corrected chi connectivity index (χ3v) is 10.5. The fourth-order valence-electron chi connectivity index (χ4n) is 4.85. The van der Waals surface area contributed by atoms with Gasteiger partial charge >= 0.3 is 0 Å². The van der Waals surface area contributed by atoms with E-state index in [9.17, 15) is 18.0 Å². The number of hydrazone groups is 1. The summed E-state index contributed by atoms with van der Waals surface area (Å²) in [5, 5.41) is 18.0. The van der Waals surface area contributed by atoms with Crippen molar-refractivity contribution in [2.24, 2.45) is 12.1 Å². The monoisotopic (exact) mass is 677 g/mol. The van der Waals surface area contributed by atoms with Gasteiger partial charge in [-0.05, 0) is 71.8 Å². The second-order valence-corrected chi connectivity index (χ2v) is 13.8. The molecule has 1 aliphatic heterocycles. The molecule has 0 radical (unpaired) electrons. The summed E-state index contributed by atoms with van der Waals surface area (Å²) < 4.78 is 38.0. The lowest BCUT2D eigenvalue weighted by atomic mass is 9.98. The van der Waals surface area contributed by atoms with Crippen molar-refractivity contribution in [1.82, 2.24) is 29.4 Å². The van der Waals surface area contributed by atoms with E-state index in [2.05, 4.69) is 15.5 Å². The lowest BCUT2D eigenvalue weighted by Gasteiger charge is -2.22. The highest BCUT2D eigenvalue weighted by Crippen LogP contribution is 2.35. The molecule has 0 saturated carbocycles. The molecule has 0 fully saturated rings. The number of sulfonamides is 1. The van der Waals surface area contributed by atoms with Gasteiger partial charge in [-0.3, -0.25) is 9.59 Å². The number of nitrogens with one attached hydrogen (secondary N) is 1. The van der Waals surface area contributed by atoms with E-state index < -0.39 is 15.9 Å². The molecular formula is C32H35N7O6S2. The summed E-state index contributed by atoms with van der Waals surface area (Å²) in [6.07, 6.45) is 0.539. The third-order valence-electron chi connectivity index (χ3n) is 7.64. The molecule has 0 unspecified atom stereocenters. The van der Waals surface area contributed by atoms with Crippen molar-refractivity contribution in [3.63, 3.8) is 0 Å². The van der Waals surface area contributed by atoms with E-state index in [0.717, 1.165) is 32.6 Å². The molecule has 1 aliphatic rings. The molecule has 5 rings (SSSR count). The van der Waals surface area contributed by atoms with Crippen LogP contribution >= 0.6 is 11.8 Å². The van der Waals surface area contributed by atoms with Gasteiger partial charge in [-0.1, -0.05) is 23.9 Å². The van der Waals surface area contributed by atoms with E-state index in [-0.39, 0.29) is 29.1 Å². The van der Waals surface area contributed by atoms with Crippen molar-refractivity contribution in [2.75, 3.05) is 34.1 Å². The first-order valence-corrected chi connectivity index (χ1v) is 16.9. The van der Waals surface area contributed by atoms with Crippen molar-refractivity contribution >= 4 is 39.3 Å². The molecule has 0 bridgehead atoms. The van der Waals surface area contributed by atoms with E-state index in [1.54, 1.807) is 25.8 Å². The zero-order valence-corrected chi connectivity index (χ0v) is 28.2.